The summed E-state index contributed by atoms with van der Waals surface area (Å²) in [6.07, 6.45) is 9.23. The van der Waals surface area contributed by atoms with E-state index in [2.05, 4.69) is 27.0 Å². The van der Waals surface area contributed by atoms with Crippen molar-refractivity contribution < 1.29 is 24.2 Å². The number of aliphatic hydroxyl groups excluding tert-OH is 1. The van der Waals surface area contributed by atoms with Gasteiger partial charge in [0.15, 0.2) is 0 Å². The molecular formula is C26H48O5. The van der Waals surface area contributed by atoms with Gasteiger partial charge in [-0.2, -0.15) is 0 Å². The normalized spacial score (nSPS) is 24.6. The van der Waals surface area contributed by atoms with Gasteiger partial charge >= 0.3 is 11.9 Å². The minimum absolute atomic E-state index is 0. The molecule has 2 fully saturated rings. The molecule has 2 saturated carbocycles. The lowest BCUT2D eigenvalue weighted by atomic mass is 9.80. The summed E-state index contributed by atoms with van der Waals surface area (Å²) in [5.74, 6) is 1.27. The van der Waals surface area contributed by atoms with Gasteiger partial charge in [0.2, 0.25) is 0 Å². The van der Waals surface area contributed by atoms with Crippen molar-refractivity contribution in [2.45, 2.75) is 86.5 Å². The summed E-state index contributed by atoms with van der Waals surface area (Å²) in [6, 6.07) is 0. The third-order valence-electron chi connectivity index (χ3n) is 5.76. The molecule has 0 spiro atoms. The van der Waals surface area contributed by atoms with Crippen LogP contribution in [0.25, 0.3) is 0 Å². The summed E-state index contributed by atoms with van der Waals surface area (Å²) in [6.45, 7) is 15.6. The van der Waals surface area contributed by atoms with Gasteiger partial charge < -0.3 is 14.6 Å². The van der Waals surface area contributed by atoms with Gasteiger partial charge in [-0.1, -0.05) is 65.7 Å². The highest BCUT2D eigenvalue weighted by atomic mass is 16.5. The number of hydrogen-bond acceptors (Lipinski definition) is 5. The van der Waals surface area contributed by atoms with Gasteiger partial charge in [0.25, 0.3) is 0 Å². The van der Waals surface area contributed by atoms with Crippen molar-refractivity contribution in [2.24, 2.45) is 23.7 Å². The molecule has 0 aliphatic heterocycles. The summed E-state index contributed by atoms with van der Waals surface area (Å²) in [5.41, 5.74) is 1.71. The van der Waals surface area contributed by atoms with Crippen LogP contribution in [0.15, 0.2) is 24.3 Å². The van der Waals surface area contributed by atoms with Crippen molar-refractivity contribution in [3.05, 3.63) is 24.3 Å². The number of carbonyl (C=O) groups excluding carboxylic acids is 2. The van der Waals surface area contributed by atoms with Crippen molar-refractivity contribution in [3.8, 4) is 0 Å². The van der Waals surface area contributed by atoms with Crippen molar-refractivity contribution in [1.29, 1.82) is 0 Å². The first-order valence-electron chi connectivity index (χ1n) is 11.3. The van der Waals surface area contributed by atoms with Gasteiger partial charge in [-0.05, 0) is 56.9 Å². The van der Waals surface area contributed by atoms with E-state index in [0.29, 0.717) is 18.4 Å². The van der Waals surface area contributed by atoms with E-state index in [4.69, 9.17) is 14.6 Å². The number of aliphatic hydroxyl groups is 1. The minimum Gasteiger partial charge on any atom is -0.469 e. The van der Waals surface area contributed by atoms with Crippen LogP contribution in [0.3, 0.4) is 0 Å². The van der Waals surface area contributed by atoms with Crippen molar-refractivity contribution >= 4 is 11.9 Å². The van der Waals surface area contributed by atoms with Gasteiger partial charge in [0, 0.05) is 0 Å². The minimum atomic E-state index is -0.0276. The SMILES string of the molecule is C.C=C(C)CO.C=C(C)COC(=O)C1CCCCC1C.COC(=O)C1CCCCC1C. The van der Waals surface area contributed by atoms with Crippen LogP contribution < -0.4 is 0 Å². The van der Waals surface area contributed by atoms with E-state index in [0.717, 1.165) is 36.8 Å². The quantitative estimate of drug-likeness (QED) is 0.412. The van der Waals surface area contributed by atoms with Gasteiger partial charge in [-0.25, -0.2) is 0 Å². The zero-order valence-corrected chi connectivity index (χ0v) is 19.9. The second kappa shape index (κ2) is 18.0. The molecule has 5 nitrogen and oxygen atoms in total. The first-order chi connectivity index (χ1) is 14.1. The summed E-state index contributed by atoms with van der Waals surface area (Å²) in [5, 5.41) is 8.04. The first kappa shape index (κ1) is 31.6. The predicted molar refractivity (Wildman–Crippen MR) is 129 cm³/mol. The van der Waals surface area contributed by atoms with E-state index < -0.39 is 0 Å². The zero-order valence-electron chi connectivity index (χ0n) is 19.9. The van der Waals surface area contributed by atoms with Gasteiger partial charge in [0.1, 0.15) is 6.61 Å². The molecule has 2 rings (SSSR count). The summed E-state index contributed by atoms with van der Waals surface area (Å²) in [4.78, 5) is 22.8. The first-order valence-corrected chi connectivity index (χ1v) is 11.3. The lowest BCUT2D eigenvalue weighted by Crippen LogP contribution is -2.27. The van der Waals surface area contributed by atoms with Crippen LogP contribution in [0.4, 0.5) is 0 Å². The van der Waals surface area contributed by atoms with Crippen molar-refractivity contribution in [2.75, 3.05) is 20.3 Å². The highest BCUT2D eigenvalue weighted by molar-refractivity contribution is 5.73. The Hall–Kier alpha value is -1.62. The molecule has 0 aromatic carbocycles. The monoisotopic (exact) mass is 440 g/mol. The highest BCUT2D eigenvalue weighted by Gasteiger charge is 2.29. The number of esters is 2. The van der Waals surface area contributed by atoms with Crippen LogP contribution in [0, 0.1) is 23.7 Å². The smallest absolute Gasteiger partial charge is 0.309 e. The molecule has 0 bridgehead atoms. The van der Waals surface area contributed by atoms with Crippen molar-refractivity contribution in [1.82, 2.24) is 0 Å². The molecule has 0 saturated heterocycles. The fourth-order valence-corrected chi connectivity index (χ4v) is 3.79. The van der Waals surface area contributed by atoms with Crippen LogP contribution in [0.5, 0.6) is 0 Å². The molecule has 1 N–H and O–H groups in total. The molecule has 182 valence electrons. The topological polar surface area (TPSA) is 72.8 Å². The summed E-state index contributed by atoms with van der Waals surface area (Å²) >= 11 is 0. The standard InChI is InChI=1S/C12H20O2.C9H16O2.C4H8O.CH4/c1-9(2)8-14-12(13)11-7-5-4-6-10(11)3;1-7-5-3-4-6-8(7)9(10)11-2;1-4(2)3-5;/h10-11H,1,4-8H2,2-3H3;7-8H,3-6H2,1-2H3;5H,1,3H2,2H3;1H4. The van der Waals surface area contributed by atoms with Gasteiger partial charge in [-0.15, -0.1) is 0 Å². The Morgan fingerprint density at radius 3 is 1.55 bits per heavy atom. The molecule has 0 amide bonds. The predicted octanol–water partition coefficient (Wildman–Crippen LogP) is 6.11. The maximum atomic E-state index is 11.6. The molecule has 31 heavy (non-hydrogen) atoms. The Balaban J connectivity index is 0. The number of methoxy groups -OCH3 is 1. The van der Waals surface area contributed by atoms with Crippen LogP contribution in [0.2, 0.25) is 0 Å². The van der Waals surface area contributed by atoms with Gasteiger partial charge in [0.05, 0.1) is 25.6 Å². The fourth-order valence-electron chi connectivity index (χ4n) is 3.79. The second-order valence-electron chi connectivity index (χ2n) is 8.94. The van der Waals surface area contributed by atoms with E-state index >= 15 is 0 Å². The van der Waals surface area contributed by atoms with E-state index in [1.54, 1.807) is 6.92 Å². The summed E-state index contributed by atoms with van der Waals surface area (Å²) in [7, 11) is 1.48. The molecular weight excluding hydrogens is 392 g/mol. The maximum Gasteiger partial charge on any atom is 0.309 e. The van der Waals surface area contributed by atoms with E-state index in [1.807, 2.05) is 6.92 Å². The van der Waals surface area contributed by atoms with Gasteiger partial charge in [-0.3, -0.25) is 9.59 Å². The average molecular weight is 441 g/mol. The molecule has 4 unspecified atom stereocenters. The van der Waals surface area contributed by atoms with Crippen LogP contribution in [-0.2, 0) is 19.1 Å². The Morgan fingerprint density at radius 1 is 0.839 bits per heavy atom. The Bertz CT molecular complexity index is 540. The number of ether oxygens (including phenoxy) is 2. The molecule has 0 aromatic heterocycles. The molecule has 0 heterocycles. The van der Waals surface area contributed by atoms with E-state index in [-0.39, 0.29) is 37.8 Å². The highest BCUT2D eigenvalue weighted by Crippen LogP contribution is 2.31. The lowest BCUT2D eigenvalue weighted by Gasteiger charge is -2.26. The number of rotatable bonds is 5. The third kappa shape index (κ3) is 14.1. The maximum absolute atomic E-state index is 11.6. The lowest BCUT2D eigenvalue weighted by molar-refractivity contribution is -0.150. The fraction of sp³-hybridized carbons (Fsp3) is 0.769. The molecule has 0 aromatic rings. The molecule has 0 radical (unpaired) electrons. The number of hydrogen-bond donors (Lipinski definition) is 1. The summed E-state index contributed by atoms with van der Waals surface area (Å²) < 4.78 is 9.90. The second-order valence-corrected chi connectivity index (χ2v) is 8.94. The van der Waals surface area contributed by atoms with Crippen molar-refractivity contribution in [3.63, 3.8) is 0 Å². The molecule has 5 heteroatoms. The van der Waals surface area contributed by atoms with E-state index in [1.165, 1.54) is 32.8 Å². The molecule has 2 aliphatic carbocycles. The zero-order chi connectivity index (χ0) is 23.1. The third-order valence-corrected chi connectivity index (χ3v) is 5.76. The molecule has 2 aliphatic rings. The largest absolute Gasteiger partial charge is 0.469 e. The van der Waals surface area contributed by atoms with Crippen LogP contribution >= 0.6 is 0 Å². The molecule has 4 atom stereocenters. The average Bonchev–Trinajstić information content (AvgIpc) is 2.73. The Morgan fingerprint density at radius 2 is 1.23 bits per heavy atom. The number of carbonyl (C=O) groups is 2. The Labute approximate surface area is 191 Å². The van der Waals surface area contributed by atoms with E-state index in [9.17, 15) is 9.59 Å². The Kier molecular flexibility index (Phi) is 18.3. The van der Waals surface area contributed by atoms with Crippen LogP contribution in [-0.4, -0.2) is 37.4 Å². The van der Waals surface area contributed by atoms with Crippen LogP contribution in [0.1, 0.15) is 86.5 Å².